The van der Waals surface area contributed by atoms with Gasteiger partial charge in [-0.15, -0.1) is 0 Å². The Balaban J connectivity index is 1.56. The van der Waals surface area contributed by atoms with Crippen LogP contribution in [0.2, 0.25) is 0 Å². The molecule has 0 aromatic carbocycles. The molecule has 5 nitrogen and oxygen atoms in total. The molecule has 0 radical (unpaired) electrons. The van der Waals surface area contributed by atoms with Crippen molar-refractivity contribution in [2.75, 3.05) is 26.2 Å². The summed E-state index contributed by atoms with van der Waals surface area (Å²) < 4.78 is 0. The summed E-state index contributed by atoms with van der Waals surface area (Å²) in [6.45, 7) is 5.97. The number of hydrogen-bond acceptors (Lipinski definition) is 3. The van der Waals surface area contributed by atoms with Crippen LogP contribution >= 0.6 is 11.3 Å². The minimum absolute atomic E-state index is 0.0120. The van der Waals surface area contributed by atoms with E-state index in [4.69, 9.17) is 0 Å². The zero-order chi connectivity index (χ0) is 15.5. The molecule has 2 aromatic heterocycles. The molecule has 0 saturated carbocycles. The number of hydrogen-bond donors (Lipinski definition) is 2. The number of quaternary nitrogens is 1. The summed E-state index contributed by atoms with van der Waals surface area (Å²) in [7, 11) is 0. The molecule has 1 fully saturated rings. The number of Topliss-reactive ketones (excluding diaryl/α,β-unsaturated/α-hetero) is 1. The Morgan fingerprint density at radius 3 is 2.73 bits per heavy atom. The highest BCUT2D eigenvalue weighted by Crippen LogP contribution is 2.08. The maximum Gasteiger partial charge on any atom is 0.270 e. The standard InChI is InChI=1S/C16H19N3O2S/c1-12(20)14-8-15(17-9-14)16(21)19-5-3-18(4-6-19)10-13-2-7-22-11-13/h2,7-9,11,17H,3-6,10H2,1H3/p+1. The lowest BCUT2D eigenvalue weighted by Gasteiger charge is -2.31. The smallest absolute Gasteiger partial charge is 0.270 e. The zero-order valence-corrected chi connectivity index (χ0v) is 13.4. The lowest BCUT2D eigenvalue weighted by Crippen LogP contribution is -3.13. The number of amides is 1. The molecule has 2 aromatic rings. The van der Waals surface area contributed by atoms with Gasteiger partial charge in [0.15, 0.2) is 5.78 Å². The largest absolute Gasteiger partial charge is 0.356 e. The van der Waals surface area contributed by atoms with Gasteiger partial charge in [0.2, 0.25) is 0 Å². The van der Waals surface area contributed by atoms with E-state index in [1.165, 1.54) is 17.4 Å². The number of thiophene rings is 1. The summed E-state index contributed by atoms with van der Waals surface area (Å²) in [5.41, 5.74) is 2.44. The fourth-order valence-electron chi connectivity index (χ4n) is 2.78. The Labute approximate surface area is 133 Å². The number of aromatic amines is 1. The van der Waals surface area contributed by atoms with Crippen LogP contribution in [0.25, 0.3) is 0 Å². The molecule has 0 spiro atoms. The van der Waals surface area contributed by atoms with Crippen LogP contribution in [0.15, 0.2) is 29.1 Å². The average molecular weight is 318 g/mol. The van der Waals surface area contributed by atoms with E-state index < -0.39 is 0 Å². The molecular weight excluding hydrogens is 298 g/mol. The maximum absolute atomic E-state index is 12.4. The first kappa shape index (κ1) is 15.0. The van der Waals surface area contributed by atoms with E-state index in [0.29, 0.717) is 11.3 Å². The van der Waals surface area contributed by atoms with E-state index in [2.05, 4.69) is 21.8 Å². The number of aromatic nitrogens is 1. The van der Waals surface area contributed by atoms with Gasteiger partial charge in [-0.25, -0.2) is 0 Å². The first-order valence-electron chi connectivity index (χ1n) is 7.47. The van der Waals surface area contributed by atoms with Crippen LogP contribution in [0.5, 0.6) is 0 Å². The summed E-state index contributed by atoms with van der Waals surface area (Å²) in [6, 6.07) is 3.81. The van der Waals surface area contributed by atoms with Crippen LogP contribution < -0.4 is 4.90 Å². The van der Waals surface area contributed by atoms with E-state index in [0.717, 1.165) is 32.7 Å². The molecule has 0 unspecified atom stereocenters. The molecule has 1 amide bonds. The molecule has 6 heteroatoms. The minimum atomic E-state index is -0.0275. The van der Waals surface area contributed by atoms with E-state index in [1.807, 2.05) is 4.90 Å². The second-order valence-corrected chi connectivity index (χ2v) is 6.49. The second-order valence-electron chi connectivity index (χ2n) is 5.71. The lowest BCUT2D eigenvalue weighted by molar-refractivity contribution is -0.917. The molecular formula is C16H20N3O2S+. The van der Waals surface area contributed by atoms with Crippen molar-refractivity contribution < 1.29 is 14.5 Å². The highest BCUT2D eigenvalue weighted by atomic mass is 32.1. The van der Waals surface area contributed by atoms with Crippen molar-refractivity contribution in [1.82, 2.24) is 9.88 Å². The highest BCUT2D eigenvalue weighted by Gasteiger charge is 2.25. The van der Waals surface area contributed by atoms with Crippen molar-refractivity contribution in [3.8, 4) is 0 Å². The summed E-state index contributed by atoms with van der Waals surface area (Å²) in [5, 5.41) is 4.29. The molecule has 1 saturated heterocycles. The Kier molecular flexibility index (Phi) is 4.40. The zero-order valence-electron chi connectivity index (χ0n) is 12.6. The quantitative estimate of drug-likeness (QED) is 0.820. The fraction of sp³-hybridized carbons (Fsp3) is 0.375. The normalized spacial score (nSPS) is 16.0. The number of piperazine rings is 1. The minimum Gasteiger partial charge on any atom is -0.356 e. The van der Waals surface area contributed by atoms with Gasteiger partial charge in [-0.3, -0.25) is 9.59 Å². The fourth-order valence-corrected chi connectivity index (χ4v) is 3.44. The monoisotopic (exact) mass is 318 g/mol. The van der Waals surface area contributed by atoms with Gasteiger partial charge in [-0.05, 0) is 29.8 Å². The predicted octanol–water partition coefficient (Wildman–Crippen LogP) is 0.820. The molecule has 2 N–H and O–H groups in total. The van der Waals surface area contributed by atoms with Gasteiger partial charge in [0.05, 0.1) is 26.2 Å². The van der Waals surface area contributed by atoms with Crippen molar-refractivity contribution in [1.29, 1.82) is 0 Å². The molecule has 1 aliphatic heterocycles. The first-order valence-corrected chi connectivity index (χ1v) is 8.41. The van der Waals surface area contributed by atoms with Crippen molar-refractivity contribution >= 4 is 23.0 Å². The predicted molar refractivity (Wildman–Crippen MR) is 85.4 cm³/mol. The van der Waals surface area contributed by atoms with Crippen LogP contribution in [0.3, 0.4) is 0 Å². The van der Waals surface area contributed by atoms with E-state index in [-0.39, 0.29) is 11.7 Å². The van der Waals surface area contributed by atoms with Crippen molar-refractivity contribution in [3.05, 3.63) is 45.9 Å². The van der Waals surface area contributed by atoms with Gasteiger partial charge in [-0.2, -0.15) is 11.3 Å². The van der Waals surface area contributed by atoms with Crippen LogP contribution in [0.4, 0.5) is 0 Å². The SMILES string of the molecule is CC(=O)c1c[nH]c(C(=O)N2CC[NH+](Cc3ccsc3)CC2)c1. The second kappa shape index (κ2) is 6.46. The van der Waals surface area contributed by atoms with Crippen molar-refractivity contribution in [2.24, 2.45) is 0 Å². The molecule has 0 aliphatic carbocycles. The third kappa shape index (κ3) is 3.28. The number of rotatable bonds is 4. The number of nitrogens with one attached hydrogen (secondary N) is 2. The van der Waals surface area contributed by atoms with Gasteiger partial charge in [-0.1, -0.05) is 0 Å². The summed E-state index contributed by atoms with van der Waals surface area (Å²) >= 11 is 1.73. The van der Waals surface area contributed by atoms with Gasteiger partial charge in [0.25, 0.3) is 5.91 Å². The molecule has 0 bridgehead atoms. The first-order chi connectivity index (χ1) is 10.6. The summed E-state index contributed by atoms with van der Waals surface area (Å²) in [4.78, 5) is 30.0. The van der Waals surface area contributed by atoms with Crippen LogP contribution in [0.1, 0.15) is 33.3 Å². The van der Waals surface area contributed by atoms with Gasteiger partial charge in [0.1, 0.15) is 12.2 Å². The Morgan fingerprint density at radius 1 is 1.36 bits per heavy atom. The van der Waals surface area contributed by atoms with E-state index in [9.17, 15) is 9.59 Å². The van der Waals surface area contributed by atoms with Crippen LogP contribution in [-0.4, -0.2) is 47.8 Å². The number of carbonyl (C=O) groups is 2. The summed E-state index contributed by atoms with van der Waals surface area (Å²) in [6.07, 6.45) is 1.60. The summed E-state index contributed by atoms with van der Waals surface area (Å²) in [5.74, 6) is -0.0394. The van der Waals surface area contributed by atoms with E-state index in [1.54, 1.807) is 23.6 Å². The molecule has 116 valence electrons. The third-order valence-electron chi connectivity index (χ3n) is 4.11. The molecule has 3 heterocycles. The molecule has 0 atom stereocenters. The Hall–Kier alpha value is -1.92. The average Bonchev–Trinajstić information content (AvgIpc) is 3.18. The van der Waals surface area contributed by atoms with E-state index >= 15 is 0 Å². The van der Waals surface area contributed by atoms with Crippen LogP contribution in [-0.2, 0) is 6.54 Å². The van der Waals surface area contributed by atoms with Crippen molar-refractivity contribution in [3.63, 3.8) is 0 Å². The Bertz CT molecular complexity index is 655. The lowest BCUT2D eigenvalue weighted by atomic mass is 10.2. The molecule has 3 rings (SSSR count). The van der Waals surface area contributed by atoms with Gasteiger partial charge < -0.3 is 14.8 Å². The van der Waals surface area contributed by atoms with Gasteiger partial charge in [0, 0.05) is 17.3 Å². The highest BCUT2D eigenvalue weighted by molar-refractivity contribution is 7.07. The number of nitrogens with zero attached hydrogens (tertiary/aromatic N) is 1. The third-order valence-corrected chi connectivity index (χ3v) is 4.84. The maximum atomic E-state index is 12.4. The van der Waals surface area contributed by atoms with Gasteiger partial charge >= 0.3 is 0 Å². The molecule has 22 heavy (non-hydrogen) atoms. The number of ketones is 1. The molecule has 1 aliphatic rings. The van der Waals surface area contributed by atoms with Crippen molar-refractivity contribution in [2.45, 2.75) is 13.5 Å². The number of H-pyrrole nitrogens is 1. The Morgan fingerprint density at radius 2 is 2.14 bits per heavy atom. The van der Waals surface area contributed by atoms with Crippen LogP contribution in [0, 0.1) is 0 Å². The number of carbonyl (C=O) groups excluding carboxylic acids is 2. The topological polar surface area (TPSA) is 57.6 Å².